The molecule has 1 N–H and O–H groups in total. The number of rotatable bonds is 6. The Morgan fingerprint density at radius 2 is 2.04 bits per heavy atom. The highest BCUT2D eigenvalue weighted by molar-refractivity contribution is 6.00. The smallest absolute Gasteiger partial charge is 0.328 e. The lowest BCUT2D eigenvalue weighted by Gasteiger charge is -2.21. The van der Waals surface area contributed by atoms with E-state index in [-0.39, 0.29) is 24.6 Å². The molecule has 26 heavy (non-hydrogen) atoms. The maximum Gasteiger partial charge on any atom is 0.328 e. The van der Waals surface area contributed by atoms with Crippen molar-refractivity contribution in [2.24, 2.45) is 11.8 Å². The molecule has 1 aromatic rings. The van der Waals surface area contributed by atoms with Crippen molar-refractivity contribution in [1.82, 2.24) is 5.32 Å². The van der Waals surface area contributed by atoms with Gasteiger partial charge in [0.15, 0.2) is 0 Å². The van der Waals surface area contributed by atoms with Crippen LogP contribution in [0.3, 0.4) is 0 Å². The number of amides is 2. The first kappa shape index (κ1) is 19.8. The molecule has 1 aromatic carbocycles. The van der Waals surface area contributed by atoms with E-state index in [0.29, 0.717) is 12.5 Å². The van der Waals surface area contributed by atoms with Crippen LogP contribution in [0.5, 0.6) is 0 Å². The fourth-order valence-electron chi connectivity index (χ4n) is 2.93. The number of hydrogen-bond donors (Lipinski definition) is 1. The van der Waals surface area contributed by atoms with Crippen LogP contribution in [0.4, 0.5) is 14.5 Å². The van der Waals surface area contributed by atoms with Crippen LogP contribution < -0.4 is 10.2 Å². The van der Waals surface area contributed by atoms with E-state index in [2.05, 4.69) is 5.32 Å². The highest BCUT2D eigenvalue weighted by Crippen LogP contribution is 2.28. The highest BCUT2D eigenvalue weighted by atomic mass is 19.1. The summed E-state index contributed by atoms with van der Waals surface area (Å²) in [7, 11) is 1.24. The molecule has 1 fully saturated rings. The number of nitrogens with one attached hydrogen (secondary N) is 1. The van der Waals surface area contributed by atoms with Gasteiger partial charge in [0, 0.05) is 19.0 Å². The number of carbonyl (C=O) groups is 3. The molecular weight excluding hydrogens is 346 g/mol. The van der Waals surface area contributed by atoms with Crippen molar-refractivity contribution in [2.75, 3.05) is 18.6 Å². The normalized spacial score (nSPS) is 18.2. The molecule has 2 amide bonds. The van der Waals surface area contributed by atoms with Crippen LogP contribution in [0.15, 0.2) is 18.2 Å². The van der Waals surface area contributed by atoms with E-state index in [0.717, 1.165) is 11.0 Å². The molecule has 1 saturated heterocycles. The van der Waals surface area contributed by atoms with E-state index in [4.69, 9.17) is 4.74 Å². The highest BCUT2D eigenvalue weighted by Gasteiger charge is 2.37. The minimum Gasteiger partial charge on any atom is -0.467 e. The lowest BCUT2D eigenvalue weighted by Crippen LogP contribution is -2.45. The van der Waals surface area contributed by atoms with Crippen LogP contribution >= 0.6 is 0 Å². The first-order valence-corrected chi connectivity index (χ1v) is 8.36. The number of esters is 1. The molecule has 1 aliphatic heterocycles. The lowest BCUT2D eigenvalue weighted by atomic mass is 10.0. The Labute approximate surface area is 150 Å². The molecule has 2 atom stereocenters. The van der Waals surface area contributed by atoms with Crippen molar-refractivity contribution in [1.29, 1.82) is 0 Å². The Morgan fingerprint density at radius 1 is 1.35 bits per heavy atom. The number of carbonyl (C=O) groups excluding carboxylic acids is 3. The quantitative estimate of drug-likeness (QED) is 0.780. The maximum atomic E-state index is 13.9. The van der Waals surface area contributed by atoms with Gasteiger partial charge in [0.2, 0.25) is 11.8 Å². The molecule has 0 unspecified atom stereocenters. The Kier molecular flexibility index (Phi) is 6.28. The maximum absolute atomic E-state index is 13.9. The number of anilines is 1. The van der Waals surface area contributed by atoms with Crippen molar-refractivity contribution in [3.63, 3.8) is 0 Å². The fraction of sp³-hybridized carbons (Fsp3) is 0.500. The fourth-order valence-corrected chi connectivity index (χ4v) is 2.93. The van der Waals surface area contributed by atoms with Gasteiger partial charge in [-0.2, -0.15) is 0 Å². The van der Waals surface area contributed by atoms with E-state index in [1.165, 1.54) is 13.2 Å². The van der Waals surface area contributed by atoms with E-state index >= 15 is 0 Å². The van der Waals surface area contributed by atoms with Crippen LogP contribution in [-0.4, -0.2) is 37.5 Å². The number of benzene rings is 1. The molecule has 142 valence electrons. The zero-order valence-electron chi connectivity index (χ0n) is 14.9. The average Bonchev–Trinajstić information content (AvgIpc) is 2.95. The van der Waals surface area contributed by atoms with Crippen molar-refractivity contribution in [2.45, 2.75) is 32.7 Å². The Hall–Kier alpha value is -2.51. The largest absolute Gasteiger partial charge is 0.467 e. The second kappa shape index (κ2) is 8.25. The predicted octanol–water partition coefficient (Wildman–Crippen LogP) is 2.02. The van der Waals surface area contributed by atoms with Gasteiger partial charge in [0.25, 0.3) is 0 Å². The zero-order valence-corrected chi connectivity index (χ0v) is 14.9. The molecule has 6 nitrogen and oxygen atoms in total. The summed E-state index contributed by atoms with van der Waals surface area (Å²) < 4.78 is 31.7. The van der Waals surface area contributed by atoms with E-state index in [9.17, 15) is 23.2 Å². The van der Waals surface area contributed by atoms with Gasteiger partial charge in [-0.15, -0.1) is 0 Å². The van der Waals surface area contributed by atoms with Gasteiger partial charge in [0.05, 0.1) is 18.7 Å². The summed E-state index contributed by atoms with van der Waals surface area (Å²) in [4.78, 5) is 37.6. The minimum atomic E-state index is -0.869. The van der Waals surface area contributed by atoms with Crippen LogP contribution in [0.2, 0.25) is 0 Å². The Balaban J connectivity index is 2.09. The SMILES string of the molecule is COC(=O)[C@@H](CC(C)C)NC(=O)[C@H]1CC(=O)N(c2ccc(F)cc2F)C1. The van der Waals surface area contributed by atoms with Crippen molar-refractivity contribution < 1.29 is 27.9 Å². The number of methoxy groups -OCH3 is 1. The van der Waals surface area contributed by atoms with Crippen LogP contribution in [0.1, 0.15) is 26.7 Å². The first-order chi connectivity index (χ1) is 12.2. The number of nitrogens with zero attached hydrogens (tertiary/aromatic N) is 1. The third-order valence-electron chi connectivity index (χ3n) is 4.21. The van der Waals surface area contributed by atoms with Crippen LogP contribution in [0, 0.1) is 23.5 Å². The Bertz CT molecular complexity index is 708. The average molecular weight is 368 g/mol. The van der Waals surface area contributed by atoms with Gasteiger partial charge >= 0.3 is 5.97 Å². The van der Waals surface area contributed by atoms with Gasteiger partial charge < -0.3 is 15.0 Å². The summed E-state index contributed by atoms with van der Waals surface area (Å²) in [5.74, 6) is -3.67. The topological polar surface area (TPSA) is 75.7 Å². The van der Waals surface area contributed by atoms with E-state index < -0.39 is 41.4 Å². The summed E-state index contributed by atoms with van der Waals surface area (Å²) in [5, 5.41) is 2.61. The molecule has 0 aliphatic carbocycles. The monoisotopic (exact) mass is 368 g/mol. The Morgan fingerprint density at radius 3 is 2.62 bits per heavy atom. The van der Waals surface area contributed by atoms with Gasteiger partial charge in [-0.05, 0) is 24.5 Å². The van der Waals surface area contributed by atoms with Gasteiger partial charge in [-0.1, -0.05) is 13.8 Å². The summed E-state index contributed by atoms with van der Waals surface area (Å²) in [5.41, 5.74) is -0.0709. The summed E-state index contributed by atoms with van der Waals surface area (Å²) in [6.07, 6.45) is 0.285. The van der Waals surface area contributed by atoms with Gasteiger partial charge in [0.1, 0.15) is 17.7 Å². The molecule has 1 heterocycles. The summed E-state index contributed by atoms with van der Waals surface area (Å²) >= 11 is 0. The summed E-state index contributed by atoms with van der Waals surface area (Å²) in [6, 6.07) is 2.10. The third kappa shape index (κ3) is 4.56. The van der Waals surface area contributed by atoms with Crippen LogP contribution in [0.25, 0.3) is 0 Å². The van der Waals surface area contributed by atoms with Gasteiger partial charge in [-0.25, -0.2) is 13.6 Å². The second-order valence-electron chi connectivity index (χ2n) is 6.72. The molecule has 0 saturated carbocycles. The number of halogens is 2. The molecule has 0 aromatic heterocycles. The molecule has 0 spiro atoms. The van der Waals surface area contributed by atoms with Crippen molar-refractivity contribution in [3.8, 4) is 0 Å². The van der Waals surface area contributed by atoms with Crippen molar-refractivity contribution in [3.05, 3.63) is 29.8 Å². The molecule has 0 bridgehead atoms. The van der Waals surface area contributed by atoms with Crippen molar-refractivity contribution >= 4 is 23.5 Å². The zero-order chi connectivity index (χ0) is 19.4. The lowest BCUT2D eigenvalue weighted by molar-refractivity contribution is -0.146. The molecule has 8 heteroatoms. The molecular formula is C18H22F2N2O4. The molecule has 1 aliphatic rings. The molecule has 2 rings (SSSR count). The summed E-state index contributed by atoms with van der Waals surface area (Å²) in [6.45, 7) is 3.77. The van der Waals surface area contributed by atoms with E-state index in [1.807, 2.05) is 13.8 Å². The standard InChI is InChI=1S/C18H22F2N2O4/c1-10(2)6-14(18(25)26-3)21-17(24)11-7-16(23)22(9-11)15-5-4-12(19)8-13(15)20/h4-5,8,10-11,14H,6-7,9H2,1-3H3,(H,21,24)/t11-,14+/m0/s1. The minimum absolute atomic E-state index is 0.0389. The third-order valence-corrected chi connectivity index (χ3v) is 4.21. The number of hydrogen-bond acceptors (Lipinski definition) is 4. The van der Waals surface area contributed by atoms with E-state index in [1.54, 1.807) is 0 Å². The van der Waals surface area contributed by atoms with Crippen LogP contribution in [-0.2, 0) is 19.1 Å². The molecule has 0 radical (unpaired) electrons. The predicted molar refractivity (Wildman–Crippen MR) is 90.2 cm³/mol. The number of ether oxygens (including phenoxy) is 1. The second-order valence-corrected chi connectivity index (χ2v) is 6.72. The first-order valence-electron chi connectivity index (χ1n) is 8.36. The van der Waals surface area contributed by atoms with Gasteiger partial charge in [-0.3, -0.25) is 9.59 Å².